The second-order valence-electron chi connectivity index (χ2n) is 6.27. The number of amides is 2. The zero-order valence-electron chi connectivity index (χ0n) is 13.9. The molecule has 1 aromatic rings. The van der Waals surface area contributed by atoms with Crippen molar-refractivity contribution in [3.8, 4) is 0 Å². The molecule has 1 heterocycles. The summed E-state index contributed by atoms with van der Waals surface area (Å²) in [6.07, 6.45) is 6.43. The fraction of sp³-hybridized carbons (Fsp3) is 0.474. The van der Waals surface area contributed by atoms with Crippen molar-refractivity contribution in [1.82, 2.24) is 4.90 Å². The lowest BCUT2D eigenvalue weighted by atomic mass is 10.0. The minimum atomic E-state index is -0.134. The van der Waals surface area contributed by atoms with Crippen LogP contribution in [0, 0.1) is 0 Å². The van der Waals surface area contributed by atoms with Gasteiger partial charge in [-0.3, -0.25) is 14.5 Å². The maximum Gasteiger partial charge on any atom is 0.268 e. The zero-order valence-corrected chi connectivity index (χ0v) is 15.5. The van der Waals surface area contributed by atoms with Gasteiger partial charge in [0.25, 0.3) is 11.8 Å². The minimum absolute atomic E-state index is 0.0461. The van der Waals surface area contributed by atoms with Crippen LogP contribution in [0.15, 0.2) is 29.2 Å². The molecule has 2 aliphatic rings. The molecular weight excluding hydrogens is 342 g/mol. The van der Waals surface area contributed by atoms with Crippen LogP contribution in [0.5, 0.6) is 0 Å². The molecule has 128 valence electrons. The topological polar surface area (TPSA) is 37.4 Å². The van der Waals surface area contributed by atoms with E-state index in [0.29, 0.717) is 15.5 Å². The van der Waals surface area contributed by atoms with E-state index in [1.165, 1.54) is 29.5 Å². The minimum Gasteiger partial charge on any atom is -0.271 e. The fourth-order valence-electron chi connectivity index (χ4n) is 3.52. The summed E-state index contributed by atoms with van der Waals surface area (Å²) in [5, 5.41) is 0.626. The molecule has 5 heteroatoms. The van der Waals surface area contributed by atoms with E-state index in [4.69, 9.17) is 11.6 Å². The van der Waals surface area contributed by atoms with Crippen molar-refractivity contribution in [1.29, 1.82) is 0 Å². The molecule has 0 saturated heterocycles. The van der Waals surface area contributed by atoms with Crippen molar-refractivity contribution in [3.63, 3.8) is 0 Å². The smallest absolute Gasteiger partial charge is 0.268 e. The van der Waals surface area contributed by atoms with Gasteiger partial charge in [-0.25, -0.2) is 0 Å². The van der Waals surface area contributed by atoms with Crippen molar-refractivity contribution in [2.75, 3.05) is 5.75 Å². The lowest BCUT2D eigenvalue weighted by Crippen LogP contribution is -2.40. The van der Waals surface area contributed by atoms with E-state index < -0.39 is 0 Å². The summed E-state index contributed by atoms with van der Waals surface area (Å²) in [7, 11) is 0. The van der Waals surface area contributed by atoms with Gasteiger partial charge in [-0.05, 0) is 36.3 Å². The van der Waals surface area contributed by atoms with Gasteiger partial charge in [0.1, 0.15) is 0 Å². The average molecular weight is 364 g/mol. The summed E-state index contributed by atoms with van der Waals surface area (Å²) < 4.78 is 0. The van der Waals surface area contributed by atoms with Crippen molar-refractivity contribution < 1.29 is 9.59 Å². The van der Waals surface area contributed by atoms with Crippen molar-refractivity contribution >= 4 is 40.8 Å². The molecule has 1 aromatic carbocycles. The summed E-state index contributed by atoms with van der Waals surface area (Å²) in [6.45, 7) is 2.00. The number of rotatable bonds is 4. The van der Waals surface area contributed by atoms with Crippen LogP contribution in [0.2, 0.25) is 5.02 Å². The Morgan fingerprint density at radius 1 is 1.04 bits per heavy atom. The molecular formula is C19H22ClNO2S. The van der Waals surface area contributed by atoms with E-state index in [9.17, 15) is 9.59 Å². The summed E-state index contributed by atoms with van der Waals surface area (Å²) >= 11 is 7.43. The molecule has 0 radical (unpaired) electrons. The quantitative estimate of drug-likeness (QED) is 0.564. The third-order valence-electron chi connectivity index (χ3n) is 4.68. The van der Waals surface area contributed by atoms with Crippen LogP contribution in [0.4, 0.5) is 0 Å². The van der Waals surface area contributed by atoms with E-state index in [1.54, 1.807) is 12.1 Å². The van der Waals surface area contributed by atoms with Crippen molar-refractivity contribution in [3.05, 3.63) is 39.8 Å². The van der Waals surface area contributed by atoms with Gasteiger partial charge in [-0.1, -0.05) is 56.3 Å². The lowest BCUT2D eigenvalue weighted by molar-refractivity contribution is -0.139. The number of hydrogen-bond donors (Lipinski definition) is 0. The number of nitrogens with zero attached hydrogens (tertiary/aromatic N) is 1. The van der Waals surface area contributed by atoms with E-state index >= 15 is 0 Å². The Kier molecular flexibility index (Phi) is 5.67. The highest BCUT2D eigenvalue weighted by Crippen LogP contribution is 2.39. The van der Waals surface area contributed by atoms with Crippen LogP contribution in [0.3, 0.4) is 0 Å². The SMILES string of the molecule is CCSC1=C(c2ccc(Cl)cc2)C(=O)N(C2CCCCCC2)C1=O. The van der Waals surface area contributed by atoms with E-state index in [2.05, 4.69) is 0 Å². The molecule has 3 rings (SSSR count). The van der Waals surface area contributed by atoms with Crippen LogP contribution in [-0.4, -0.2) is 28.5 Å². The van der Waals surface area contributed by atoms with Gasteiger partial charge in [0.2, 0.25) is 0 Å². The van der Waals surface area contributed by atoms with E-state index in [1.807, 2.05) is 19.1 Å². The summed E-state index contributed by atoms with van der Waals surface area (Å²) in [5.41, 5.74) is 1.33. The molecule has 0 spiro atoms. The molecule has 0 bridgehead atoms. The highest BCUT2D eigenvalue weighted by atomic mass is 35.5. The summed E-state index contributed by atoms with van der Waals surface area (Å²) in [6, 6.07) is 7.24. The Labute approximate surface area is 152 Å². The standard InChI is InChI=1S/C19H22ClNO2S/c1-2-24-17-16(13-9-11-14(20)12-10-13)18(22)21(19(17)23)15-7-5-3-4-6-8-15/h9-12,15H,2-8H2,1H3. The molecule has 2 amide bonds. The predicted octanol–water partition coefficient (Wildman–Crippen LogP) is 4.90. The molecule has 0 aromatic heterocycles. The first kappa shape index (κ1) is 17.6. The number of thioether (sulfide) groups is 1. The number of benzene rings is 1. The monoisotopic (exact) mass is 363 g/mol. The van der Waals surface area contributed by atoms with Gasteiger partial charge < -0.3 is 0 Å². The molecule has 3 nitrogen and oxygen atoms in total. The summed E-state index contributed by atoms with van der Waals surface area (Å²) in [4.78, 5) is 28.2. The molecule has 1 aliphatic carbocycles. The zero-order chi connectivity index (χ0) is 17.1. The largest absolute Gasteiger partial charge is 0.271 e. The predicted molar refractivity (Wildman–Crippen MR) is 99.8 cm³/mol. The second-order valence-corrected chi connectivity index (χ2v) is 7.98. The number of imide groups is 1. The third-order valence-corrected chi connectivity index (χ3v) is 5.89. The van der Waals surface area contributed by atoms with Crippen LogP contribution in [-0.2, 0) is 9.59 Å². The Hall–Kier alpha value is -1.26. The van der Waals surface area contributed by atoms with Crippen LogP contribution in [0.25, 0.3) is 5.57 Å². The number of carbonyl (C=O) groups excluding carboxylic acids is 2. The Balaban J connectivity index is 1.96. The molecule has 0 atom stereocenters. The maximum absolute atomic E-state index is 13.1. The molecule has 0 unspecified atom stereocenters. The van der Waals surface area contributed by atoms with E-state index in [-0.39, 0.29) is 17.9 Å². The van der Waals surface area contributed by atoms with E-state index in [0.717, 1.165) is 37.0 Å². The number of halogens is 1. The maximum atomic E-state index is 13.1. The van der Waals surface area contributed by atoms with Crippen molar-refractivity contribution in [2.24, 2.45) is 0 Å². The normalized spacial score (nSPS) is 20.0. The molecule has 1 aliphatic heterocycles. The first-order valence-corrected chi connectivity index (χ1v) is 10.0. The van der Waals surface area contributed by atoms with Crippen molar-refractivity contribution in [2.45, 2.75) is 51.5 Å². The van der Waals surface area contributed by atoms with Gasteiger partial charge in [-0.15, -0.1) is 11.8 Å². The first-order chi connectivity index (χ1) is 11.6. The second kappa shape index (κ2) is 7.75. The molecule has 1 saturated carbocycles. The highest BCUT2D eigenvalue weighted by molar-refractivity contribution is 8.04. The van der Waals surface area contributed by atoms with Gasteiger partial charge >= 0.3 is 0 Å². The Bertz CT molecular complexity index is 660. The molecule has 1 fully saturated rings. The van der Waals surface area contributed by atoms with Gasteiger partial charge in [0.15, 0.2) is 0 Å². The first-order valence-electron chi connectivity index (χ1n) is 8.64. The van der Waals surface area contributed by atoms with Gasteiger partial charge in [-0.2, -0.15) is 0 Å². The number of carbonyl (C=O) groups is 2. The van der Waals surface area contributed by atoms with Gasteiger partial charge in [0.05, 0.1) is 10.5 Å². The van der Waals surface area contributed by atoms with Gasteiger partial charge in [0, 0.05) is 11.1 Å². The van der Waals surface area contributed by atoms with Crippen LogP contribution < -0.4 is 0 Å². The summed E-state index contributed by atoms with van der Waals surface area (Å²) in [5.74, 6) is 0.526. The molecule has 0 N–H and O–H groups in total. The Morgan fingerprint density at radius 3 is 2.25 bits per heavy atom. The van der Waals surface area contributed by atoms with Crippen LogP contribution >= 0.6 is 23.4 Å². The highest BCUT2D eigenvalue weighted by Gasteiger charge is 2.42. The lowest BCUT2D eigenvalue weighted by Gasteiger charge is -2.25. The molecule has 24 heavy (non-hydrogen) atoms. The Morgan fingerprint density at radius 2 is 1.67 bits per heavy atom. The average Bonchev–Trinajstić information content (AvgIpc) is 2.77. The van der Waals surface area contributed by atoms with Crippen LogP contribution in [0.1, 0.15) is 51.0 Å². The number of hydrogen-bond acceptors (Lipinski definition) is 3. The fourth-order valence-corrected chi connectivity index (χ4v) is 4.51. The third kappa shape index (κ3) is 3.40.